The van der Waals surface area contributed by atoms with Crippen LogP contribution in [-0.4, -0.2) is 5.43 Å². The van der Waals surface area contributed by atoms with Crippen LogP contribution in [0.3, 0.4) is 0 Å². The Labute approximate surface area is 99.4 Å². The van der Waals surface area contributed by atoms with Crippen LogP contribution in [0.2, 0.25) is 0 Å². The van der Waals surface area contributed by atoms with Crippen molar-refractivity contribution in [3.63, 3.8) is 0 Å². The molecule has 2 aromatic rings. The van der Waals surface area contributed by atoms with Gasteiger partial charge in [0.1, 0.15) is 0 Å². The van der Waals surface area contributed by atoms with E-state index in [0.717, 1.165) is 0 Å². The van der Waals surface area contributed by atoms with Gasteiger partial charge in [0.25, 0.3) is 0 Å². The zero-order valence-corrected chi connectivity index (χ0v) is 11.2. The van der Waals surface area contributed by atoms with Gasteiger partial charge in [0.05, 0.1) is 0 Å². The number of hydrogen-bond donors (Lipinski definition) is 0. The number of hydrogen-bond acceptors (Lipinski definition) is 0. The zero-order valence-electron chi connectivity index (χ0n) is 7.77. The maximum absolute atomic E-state index is 2.25. The molecule has 0 aliphatic heterocycles. The third kappa shape index (κ3) is 2.31. The molecule has 0 amide bonds. The third-order valence-corrected chi connectivity index (χ3v) is 8.20. The molecule has 0 saturated carbocycles. The molecule has 2 heteroatoms. The van der Waals surface area contributed by atoms with E-state index in [9.17, 15) is 0 Å². The average Bonchev–Trinajstić information content (AvgIpc) is 2.30. The molecule has 66 valence electrons. The summed E-state index contributed by atoms with van der Waals surface area (Å²) < 4.78 is 0. The van der Waals surface area contributed by atoms with Crippen LogP contribution >= 0.6 is 0 Å². The van der Waals surface area contributed by atoms with Gasteiger partial charge < -0.3 is 0 Å². The average molecular weight is 274 g/mol. The fraction of sp³-hybridized carbons (Fsp3) is 0. The first-order chi connectivity index (χ1) is 6.88. The van der Waals surface area contributed by atoms with Crippen molar-refractivity contribution < 1.29 is 23.3 Å². The molecule has 0 unspecified atom stereocenters. The Morgan fingerprint density at radius 3 is 1.36 bits per heavy atom. The molecule has 0 nitrogen and oxygen atoms in total. The second-order valence-electron chi connectivity index (χ2n) is 3.11. The molecule has 0 aliphatic rings. The normalized spacial score (nSPS) is 9.64. The van der Waals surface area contributed by atoms with Crippen LogP contribution in [0.25, 0.3) is 0 Å². The van der Waals surface area contributed by atoms with E-state index in [1.165, 1.54) is 10.4 Å². The first-order valence-electron chi connectivity index (χ1n) is 4.57. The molecular weight excluding hydrogens is 263 g/mol. The summed E-state index contributed by atoms with van der Waals surface area (Å²) in [4.78, 5) is 0. The molecule has 0 saturated heterocycles. The van der Waals surface area contributed by atoms with Crippen molar-refractivity contribution in [1.82, 2.24) is 0 Å². The van der Waals surface area contributed by atoms with E-state index in [-0.39, 0.29) is 0 Å². The van der Waals surface area contributed by atoms with Gasteiger partial charge in [-0.3, -0.25) is 0 Å². The van der Waals surface area contributed by atoms with Gasteiger partial charge in [-0.05, 0) is 0 Å². The molecule has 0 bridgehead atoms. The van der Waals surface area contributed by atoms with E-state index in [1.54, 1.807) is 23.3 Å². The molecule has 0 aliphatic carbocycles. The van der Waals surface area contributed by atoms with Crippen LogP contribution in [0.4, 0.5) is 0 Å². The summed E-state index contributed by atoms with van der Waals surface area (Å²) in [5, 5.41) is 3.03. The molecule has 2 rings (SSSR count). The summed E-state index contributed by atoms with van der Waals surface area (Å²) in [7, 11) is 0. The molecule has 0 heterocycles. The van der Waals surface area contributed by atoms with Crippen LogP contribution in [0.5, 0.6) is 0 Å². The predicted molar refractivity (Wildman–Crippen MR) is 57.9 cm³/mol. The molecule has 2 aromatic carbocycles. The third-order valence-electron chi connectivity index (χ3n) is 2.12. The fourth-order valence-corrected chi connectivity index (χ4v) is 5.22. The fourth-order valence-electron chi connectivity index (χ4n) is 1.38. The van der Waals surface area contributed by atoms with Gasteiger partial charge in [0, 0.05) is 0 Å². The Balaban J connectivity index is 2.35. The Bertz CT molecular complexity index is 381. The zero-order chi connectivity index (χ0) is 9.80. The van der Waals surface area contributed by atoms with Crippen molar-refractivity contribution in [2.75, 3.05) is 0 Å². The Kier molecular flexibility index (Phi) is 3.49. The summed E-state index contributed by atoms with van der Waals surface area (Å²) >= 11 is 1.64. The van der Waals surface area contributed by atoms with Crippen LogP contribution in [0.15, 0.2) is 60.7 Å². The molecule has 0 N–H and O–H groups in total. The van der Waals surface area contributed by atoms with Gasteiger partial charge in [0.2, 0.25) is 0 Å². The van der Waals surface area contributed by atoms with Gasteiger partial charge in [-0.15, -0.1) is 0 Å². The van der Waals surface area contributed by atoms with E-state index in [0.29, 0.717) is 0 Å². The predicted octanol–water partition coefficient (Wildman–Crippen LogP) is 1.34. The van der Waals surface area contributed by atoms with Gasteiger partial charge >= 0.3 is 99.8 Å². The minimum absolute atomic E-state index is 0.455. The molecule has 0 radical (unpaired) electrons. The van der Waals surface area contributed by atoms with E-state index in [1.807, 2.05) is 0 Å². The molecule has 0 atom stereocenters. The molecular formula is C12H10SiZr. The van der Waals surface area contributed by atoms with Crippen LogP contribution in [0.1, 0.15) is 0 Å². The van der Waals surface area contributed by atoms with Crippen molar-refractivity contribution in [2.24, 2.45) is 0 Å². The van der Waals surface area contributed by atoms with E-state index in [2.05, 4.69) is 60.7 Å². The summed E-state index contributed by atoms with van der Waals surface area (Å²) in [6.07, 6.45) is 0. The van der Waals surface area contributed by atoms with Crippen molar-refractivity contribution in [3.05, 3.63) is 60.7 Å². The first kappa shape index (κ1) is 10.1. The summed E-state index contributed by atoms with van der Waals surface area (Å²) in [5.41, 5.74) is -0.455. The van der Waals surface area contributed by atoms with E-state index < -0.39 is 5.43 Å². The van der Waals surface area contributed by atoms with Gasteiger partial charge in [-0.2, -0.15) is 0 Å². The second kappa shape index (κ2) is 4.86. The minimum atomic E-state index is -0.455. The second-order valence-corrected chi connectivity index (χ2v) is 8.70. The monoisotopic (exact) mass is 272 g/mol. The Morgan fingerprint density at radius 1 is 0.643 bits per heavy atom. The SMILES string of the molecule is [Zr]=[Si](c1ccccc1)c1ccccc1. The first-order valence-corrected chi connectivity index (χ1v) is 9.76. The standard InChI is InChI=1S/C12H10Si.Zr/c1-3-7-11(8-4-1)13-12-9-5-2-6-10-12;/h1-10H;. The quantitative estimate of drug-likeness (QED) is 0.725. The molecule has 14 heavy (non-hydrogen) atoms. The van der Waals surface area contributed by atoms with Crippen molar-refractivity contribution >= 4 is 15.8 Å². The van der Waals surface area contributed by atoms with Gasteiger partial charge in [-0.1, -0.05) is 0 Å². The molecule has 0 aromatic heterocycles. The topological polar surface area (TPSA) is 0 Å². The van der Waals surface area contributed by atoms with Crippen LogP contribution in [-0.2, 0) is 23.3 Å². The molecule has 0 spiro atoms. The van der Waals surface area contributed by atoms with E-state index in [4.69, 9.17) is 0 Å². The van der Waals surface area contributed by atoms with Crippen molar-refractivity contribution in [3.8, 4) is 0 Å². The Morgan fingerprint density at radius 2 is 1.00 bits per heavy atom. The number of rotatable bonds is 2. The maximum atomic E-state index is 2.25. The van der Waals surface area contributed by atoms with Crippen molar-refractivity contribution in [2.45, 2.75) is 0 Å². The van der Waals surface area contributed by atoms with Crippen LogP contribution < -0.4 is 10.4 Å². The Hall–Kier alpha value is -0.460. The van der Waals surface area contributed by atoms with E-state index >= 15 is 0 Å². The number of benzene rings is 2. The van der Waals surface area contributed by atoms with Crippen LogP contribution in [0, 0.1) is 0 Å². The van der Waals surface area contributed by atoms with Gasteiger partial charge in [-0.25, -0.2) is 0 Å². The summed E-state index contributed by atoms with van der Waals surface area (Å²) in [6.45, 7) is 0. The summed E-state index contributed by atoms with van der Waals surface area (Å²) in [5.74, 6) is 0. The molecule has 0 fully saturated rings. The summed E-state index contributed by atoms with van der Waals surface area (Å²) in [6, 6.07) is 21.7. The van der Waals surface area contributed by atoms with Crippen molar-refractivity contribution in [1.29, 1.82) is 0 Å². The van der Waals surface area contributed by atoms with Gasteiger partial charge in [0.15, 0.2) is 0 Å².